The Morgan fingerprint density at radius 2 is 1.50 bits per heavy atom. The Hall–Kier alpha value is -2.04. The van der Waals surface area contributed by atoms with E-state index < -0.39 is 5.41 Å². The van der Waals surface area contributed by atoms with E-state index in [0.29, 0.717) is 26.2 Å². The molecule has 1 aliphatic heterocycles. The predicted octanol–water partition coefficient (Wildman–Crippen LogP) is 3.01. The van der Waals surface area contributed by atoms with Crippen LogP contribution in [0.15, 0.2) is 30.3 Å². The molecule has 0 N–H and O–H groups in total. The van der Waals surface area contributed by atoms with E-state index in [1.807, 2.05) is 28.0 Å². The zero-order valence-electron chi connectivity index (χ0n) is 16.7. The van der Waals surface area contributed by atoms with E-state index in [1.54, 1.807) is 13.8 Å². The van der Waals surface area contributed by atoms with Gasteiger partial charge in [-0.15, -0.1) is 0 Å². The highest BCUT2D eigenvalue weighted by atomic mass is 16.2. The predicted molar refractivity (Wildman–Crippen MR) is 106 cm³/mol. The van der Waals surface area contributed by atoms with Crippen molar-refractivity contribution < 1.29 is 9.59 Å². The van der Waals surface area contributed by atoms with E-state index in [4.69, 9.17) is 0 Å². The summed E-state index contributed by atoms with van der Waals surface area (Å²) in [6, 6.07) is 10.3. The van der Waals surface area contributed by atoms with Crippen LogP contribution in [0.2, 0.25) is 0 Å². The van der Waals surface area contributed by atoms with Crippen molar-refractivity contribution in [1.82, 2.24) is 9.80 Å². The highest BCUT2D eigenvalue weighted by Crippen LogP contribution is 2.25. The molecule has 0 aromatic heterocycles. The van der Waals surface area contributed by atoms with E-state index in [-0.39, 0.29) is 11.8 Å². The minimum atomic E-state index is -1.00. The lowest BCUT2D eigenvalue weighted by Crippen LogP contribution is -2.56. The number of hydrogen-bond acceptors (Lipinski definition) is 3. The van der Waals surface area contributed by atoms with Crippen molar-refractivity contribution in [3.8, 4) is 0 Å². The number of carbonyl (C=O) groups is 2. The van der Waals surface area contributed by atoms with Crippen LogP contribution in [0.25, 0.3) is 0 Å². The first-order valence-corrected chi connectivity index (χ1v) is 9.80. The molecule has 0 aliphatic carbocycles. The normalized spacial score (nSPS) is 15.1. The quantitative estimate of drug-likeness (QED) is 0.703. The average Bonchev–Trinajstić information content (AvgIpc) is 2.67. The molecule has 0 atom stereocenters. The van der Waals surface area contributed by atoms with Crippen molar-refractivity contribution >= 4 is 17.5 Å². The molecular formula is C21H33N3O2. The van der Waals surface area contributed by atoms with Crippen molar-refractivity contribution in [3.63, 3.8) is 0 Å². The maximum Gasteiger partial charge on any atom is 0.237 e. The van der Waals surface area contributed by atoms with Crippen molar-refractivity contribution in [2.24, 2.45) is 5.41 Å². The second-order valence-electron chi connectivity index (χ2n) is 7.53. The molecule has 1 fully saturated rings. The number of hydrogen-bond donors (Lipinski definition) is 0. The molecule has 5 heteroatoms. The summed E-state index contributed by atoms with van der Waals surface area (Å²) >= 11 is 0. The fourth-order valence-corrected chi connectivity index (χ4v) is 3.54. The van der Waals surface area contributed by atoms with Gasteiger partial charge >= 0.3 is 0 Å². The molecule has 1 heterocycles. The summed E-state index contributed by atoms with van der Waals surface area (Å²) in [7, 11) is 0. The van der Waals surface area contributed by atoms with Crippen molar-refractivity contribution in [2.45, 2.75) is 40.5 Å². The maximum absolute atomic E-state index is 13.1. The second-order valence-corrected chi connectivity index (χ2v) is 7.53. The maximum atomic E-state index is 13.1. The number of rotatable bonds is 7. The van der Waals surface area contributed by atoms with Crippen LogP contribution >= 0.6 is 0 Å². The van der Waals surface area contributed by atoms with Crippen molar-refractivity contribution in [1.29, 1.82) is 0 Å². The summed E-state index contributed by atoms with van der Waals surface area (Å²) in [4.78, 5) is 32.1. The summed E-state index contributed by atoms with van der Waals surface area (Å²) in [6.45, 7) is 12.0. The standard InChI is InChI=1S/C21H33N3O2/c1-5-12-23(13-6-2)19(25)21(3,4)20(26)24-16-14-22(15-17-24)18-10-8-7-9-11-18/h7-11H,5-6,12-17H2,1-4H3. The fraction of sp³-hybridized carbons (Fsp3) is 0.619. The van der Waals surface area contributed by atoms with Gasteiger partial charge in [0.15, 0.2) is 0 Å². The number of nitrogens with zero attached hydrogens (tertiary/aromatic N) is 3. The van der Waals surface area contributed by atoms with Gasteiger partial charge in [-0.25, -0.2) is 0 Å². The van der Waals surface area contributed by atoms with Crippen LogP contribution in [-0.4, -0.2) is 60.9 Å². The average molecular weight is 360 g/mol. The first-order valence-electron chi connectivity index (χ1n) is 9.80. The minimum absolute atomic E-state index is 0.0447. The molecule has 5 nitrogen and oxygen atoms in total. The SMILES string of the molecule is CCCN(CCC)C(=O)C(C)(C)C(=O)N1CCN(c2ccccc2)CC1. The Bertz CT molecular complexity index is 587. The Morgan fingerprint density at radius 3 is 2.00 bits per heavy atom. The monoisotopic (exact) mass is 359 g/mol. The molecule has 0 unspecified atom stereocenters. The van der Waals surface area contributed by atoms with Gasteiger partial charge in [-0.1, -0.05) is 32.0 Å². The van der Waals surface area contributed by atoms with Gasteiger partial charge in [-0.2, -0.15) is 0 Å². The summed E-state index contributed by atoms with van der Waals surface area (Å²) in [5.74, 6) is -0.0934. The molecule has 0 radical (unpaired) electrons. The zero-order valence-corrected chi connectivity index (χ0v) is 16.7. The number of carbonyl (C=O) groups excluding carboxylic acids is 2. The third-order valence-electron chi connectivity index (χ3n) is 5.03. The highest BCUT2D eigenvalue weighted by Gasteiger charge is 2.42. The third-order valence-corrected chi connectivity index (χ3v) is 5.03. The molecule has 2 amide bonds. The number of piperazine rings is 1. The van der Waals surface area contributed by atoms with E-state index >= 15 is 0 Å². The van der Waals surface area contributed by atoms with Crippen LogP contribution in [0.3, 0.4) is 0 Å². The molecule has 26 heavy (non-hydrogen) atoms. The lowest BCUT2D eigenvalue weighted by Gasteiger charge is -2.40. The molecule has 0 saturated carbocycles. The first kappa shape index (κ1) is 20.3. The molecule has 1 aromatic rings. The van der Waals surface area contributed by atoms with Crippen LogP contribution < -0.4 is 4.90 Å². The Balaban J connectivity index is 2.00. The number of amides is 2. The van der Waals surface area contributed by atoms with Gasteiger partial charge in [0.1, 0.15) is 5.41 Å². The third kappa shape index (κ3) is 4.57. The Labute approximate surface area is 158 Å². The summed E-state index contributed by atoms with van der Waals surface area (Å²) in [6.07, 6.45) is 1.82. The second kappa shape index (κ2) is 9.06. The van der Waals surface area contributed by atoms with Gasteiger partial charge in [0.05, 0.1) is 0 Å². The molecule has 0 bridgehead atoms. The van der Waals surface area contributed by atoms with Gasteiger partial charge < -0.3 is 14.7 Å². The molecule has 1 saturated heterocycles. The number of anilines is 1. The van der Waals surface area contributed by atoms with Gasteiger partial charge in [0, 0.05) is 45.0 Å². The fourth-order valence-electron chi connectivity index (χ4n) is 3.54. The largest absolute Gasteiger partial charge is 0.368 e. The van der Waals surface area contributed by atoms with E-state index in [9.17, 15) is 9.59 Å². The lowest BCUT2D eigenvalue weighted by atomic mass is 9.89. The molecular weight excluding hydrogens is 326 g/mol. The summed E-state index contributed by atoms with van der Waals surface area (Å²) in [5.41, 5.74) is 0.186. The summed E-state index contributed by atoms with van der Waals surface area (Å²) in [5, 5.41) is 0. The number of para-hydroxylation sites is 1. The van der Waals surface area contributed by atoms with E-state index in [2.05, 4.69) is 30.9 Å². The molecule has 1 aromatic carbocycles. The molecule has 0 spiro atoms. The van der Waals surface area contributed by atoms with E-state index in [1.165, 1.54) is 5.69 Å². The Kier molecular flexibility index (Phi) is 7.06. The lowest BCUT2D eigenvalue weighted by molar-refractivity contribution is -0.154. The smallest absolute Gasteiger partial charge is 0.237 e. The van der Waals surface area contributed by atoms with Crippen LogP contribution in [0.1, 0.15) is 40.5 Å². The van der Waals surface area contributed by atoms with Crippen LogP contribution in [0, 0.1) is 5.41 Å². The Morgan fingerprint density at radius 1 is 0.962 bits per heavy atom. The van der Waals surface area contributed by atoms with Gasteiger partial charge in [-0.3, -0.25) is 9.59 Å². The first-order chi connectivity index (χ1) is 12.4. The number of benzene rings is 1. The van der Waals surface area contributed by atoms with Gasteiger partial charge in [0.25, 0.3) is 0 Å². The topological polar surface area (TPSA) is 43.9 Å². The van der Waals surface area contributed by atoms with Crippen molar-refractivity contribution in [2.75, 3.05) is 44.2 Å². The summed E-state index contributed by atoms with van der Waals surface area (Å²) < 4.78 is 0. The van der Waals surface area contributed by atoms with Gasteiger partial charge in [0.2, 0.25) is 11.8 Å². The van der Waals surface area contributed by atoms with Crippen LogP contribution in [0.5, 0.6) is 0 Å². The van der Waals surface area contributed by atoms with E-state index in [0.717, 1.165) is 25.9 Å². The highest BCUT2D eigenvalue weighted by molar-refractivity contribution is 6.04. The molecule has 1 aliphatic rings. The molecule has 144 valence electrons. The molecule has 2 rings (SSSR count). The van der Waals surface area contributed by atoms with Crippen LogP contribution in [0.4, 0.5) is 5.69 Å². The van der Waals surface area contributed by atoms with Crippen molar-refractivity contribution in [3.05, 3.63) is 30.3 Å². The van der Waals surface area contributed by atoms with Crippen LogP contribution in [-0.2, 0) is 9.59 Å². The zero-order chi connectivity index (χ0) is 19.2. The minimum Gasteiger partial charge on any atom is -0.368 e. The van der Waals surface area contributed by atoms with Gasteiger partial charge in [-0.05, 0) is 38.8 Å².